The number of halogens is 4. The fraction of sp³-hybridized carbons (Fsp3) is 0.405. The first kappa shape index (κ1) is 82.5. The molecule has 0 saturated carbocycles. The summed E-state index contributed by atoms with van der Waals surface area (Å²) in [5, 5.41) is 16.5. The predicted molar refractivity (Wildman–Crippen MR) is 402 cm³/mol. The third kappa shape index (κ3) is 20.3. The molecule has 6 aromatic carbocycles. The summed E-state index contributed by atoms with van der Waals surface area (Å²) in [4.78, 5) is 80.8. The number of phosphoric ester groups is 2. The van der Waals surface area contributed by atoms with Crippen LogP contribution in [0, 0.1) is 34.1 Å². The van der Waals surface area contributed by atoms with Crippen LogP contribution in [0.2, 0.25) is 0 Å². The number of benzene rings is 6. The van der Waals surface area contributed by atoms with E-state index in [2.05, 4.69) is 50.0 Å². The first-order chi connectivity index (χ1) is 53.3. The first-order valence-corrected chi connectivity index (χ1v) is 39.0. The van der Waals surface area contributed by atoms with Crippen LogP contribution in [-0.2, 0) is 74.9 Å². The highest BCUT2D eigenvalue weighted by Gasteiger charge is 2.48. The predicted octanol–water partition coefficient (Wildman–Crippen LogP) is 7.38. The molecule has 33 nitrogen and oxygen atoms in total. The Morgan fingerprint density at radius 3 is 1.08 bits per heavy atom. The summed E-state index contributed by atoms with van der Waals surface area (Å²) >= 11 is 0. The van der Waals surface area contributed by atoms with E-state index in [-0.39, 0.29) is 69.2 Å². The van der Waals surface area contributed by atoms with E-state index in [1.807, 2.05) is 97.1 Å². The lowest BCUT2D eigenvalue weighted by Gasteiger charge is -2.37. The van der Waals surface area contributed by atoms with Gasteiger partial charge in [-0.1, -0.05) is 41.5 Å². The highest BCUT2D eigenvalue weighted by Crippen LogP contribution is 2.45. The van der Waals surface area contributed by atoms with Crippen LogP contribution in [0.25, 0.3) is 11.4 Å². The van der Waals surface area contributed by atoms with Crippen molar-refractivity contribution < 1.29 is 89.2 Å². The normalized spacial score (nSPS) is 19.6. The van der Waals surface area contributed by atoms with E-state index in [0.717, 1.165) is 109 Å². The van der Waals surface area contributed by atoms with Crippen molar-refractivity contribution in [2.75, 3.05) is 98.4 Å². The van der Waals surface area contributed by atoms with Gasteiger partial charge in [0.1, 0.15) is 111 Å². The van der Waals surface area contributed by atoms with Crippen LogP contribution in [0.4, 0.5) is 40.3 Å². The van der Waals surface area contributed by atoms with Crippen molar-refractivity contribution in [3.05, 3.63) is 227 Å². The monoisotopic (exact) mass is 1610 g/mol. The van der Waals surface area contributed by atoms with Crippen LogP contribution in [0.1, 0.15) is 52.7 Å². The summed E-state index contributed by atoms with van der Waals surface area (Å²) in [5.74, 6) is -4.80. The average Bonchev–Trinajstić information content (AvgIpc) is 1.66. The number of hydrogen-bond donors (Lipinski definition) is 4. The van der Waals surface area contributed by atoms with Gasteiger partial charge in [0.15, 0.2) is 0 Å². The number of hydrogen-bond acceptors (Lipinski definition) is 22. The standard InChI is InChI=1S/2C37H43F2N8O8P.H2O/c2*1-36(2,3)34(55-56(49,50)51)19-47-35(48)46(25-42-47)29-7-5-27(6-8-29)43-14-16-44(17-15-43)28-9-11-30(12-10-28)52-20-31-21-53-37(54-31,22-45-24-40-23-41-45)32-13-4-26(38)18-33(32)39;/h2*4-13,18,23-25,31,34H,14-17,19-22H2,1-3H3,(H2,49,50,51);1H2. The molecular formula is C74H88F4N16O17P2. The molecule has 6 N–H and O–H groups in total. The van der Waals surface area contributed by atoms with Gasteiger partial charge < -0.3 is 73.1 Å². The molecule has 4 fully saturated rings. The Bertz CT molecular complexity index is 4720. The fourth-order valence-electron chi connectivity index (χ4n) is 13.4. The quantitative estimate of drug-likeness (QED) is 0.0303. The molecule has 0 amide bonds. The third-order valence-corrected chi connectivity index (χ3v) is 20.6. The number of rotatable bonds is 26. The van der Waals surface area contributed by atoms with E-state index in [9.17, 15) is 55.9 Å². The summed E-state index contributed by atoms with van der Waals surface area (Å²) in [6, 6.07) is 37.2. The molecule has 14 rings (SSSR count). The lowest BCUT2D eigenvalue weighted by Crippen LogP contribution is -2.46. The summed E-state index contributed by atoms with van der Waals surface area (Å²) in [7, 11) is -9.56. The van der Waals surface area contributed by atoms with Crippen molar-refractivity contribution in [2.45, 2.75) is 104 Å². The fourth-order valence-corrected chi connectivity index (χ4v) is 14.8. The highest BCUT2D eigenvalue weighted by atomic mass is 31.2. The van der Waals surface area contributed by atoms with E-state index in [1.165, 1.54) is 68.6 Å². The van der Waals surface area contributed by atoms with Gasteiger partial charge in [-0.2, -0.15) is 20.4 Å². The van der Waals surface area contributed by atoms with Crippen molar-refractivity contribution in [1.82, 2.24) is 58.2 Å². The zero-order chi connectivity index (χ0) is 79.3. The summed E-state index contributed by atoms with van der Waals surface area (Å²) in [6.45, 7) is 17.1. The Hall–Kier alpha value is -9.98. The molecule has 0 spiro atoms. The molecule has 4 saturated heterocycles. The van der Waals surface area contributed by atoms with Gasteiger partial charge in [-0.15, -0.1) is 0 Å². The molecule has 8 heterocycles. The number of ether oxygens (including phenoxy) is 6. The number of aromatic nitrogens is 12. The highest BCUT2D eigenvalue weighted by molar-refractivity contribution is 7.46. The minimum absolute atomic E-state index is 0. The second-order valence-corrected chi connectivity index (χ2v) is 31.8. The van der Waals surface area contributed by atoms with E-state index in [0.29, 0.717) is 22.9 Å². The van der Waals surface area contributed by atoms with Gasteiger partial charge >= 0.3 is 27.0 Å². The van der Waals surface area contributed by atoms with E-state index < -0.39 is 97.1 Å². The molecule has 10 aromatic rings. The molecule has 4 aromatic heterocycles. The molecule has 4 aliphatic rings. The van der Waals surface area contributed by atoms with E-state index >= 15 is 0 Å². The maximum atomic E-state index is 14.9. The van der Waals surface area contributed by atoms with Crippen molar-refractivity contribution in [3.63, 3.8) is 0 Å². The zero-order valence-corrected chi connectivity index (χ0v) is 64.3. The van der Waals surface area contributed by atoms with E-state index in [1.54, 1.807) is 41.5 Å². The lowest BCUT2D eigenvalue weighted by atomic mass is 9.89. The van der Waals surface area contributed by atoms with Gasteiger partial charge in [-0.3, -0.25) is 9.05 Å². The van der Waals surface area contributed by atoms with Gasteiger partial charge in [0.05, 0.1) is 49.9 Å². The minimum Gasteiger partial charge on any atom is -0.491 e. The summed E-state index contributed by atoms with van der Waals surface area (Å²) in [5.41, 5.74) is 3.20. The number of nitrogens with zero attached hydrogens (tertiary/aromatic N) is 16. The molecule has 39 heteroatoms. The molecule has 6 atom stereocenters. The number of phosphoric acid groups is 2. The largest absolute Gasteiger partial charge is 0.491 e. The smallest absolute Gasteiger partial charge is 0.469 e. The molecule has 604 valence electrons. The van der Waals surface area contributed by atoms with E-state index in [4.69, 9.17) is 37.5 Å². The topological polar surface area (TPSA) is 374 Å². The van der Waals surface area contributed by atoms with Crippen LogP contribution in [0.15, 0.2) is 181 Å². The second kappa shape index (κ2) is 34.4. The van der Waals surface area contributed by atoms with Gasteiger partial charge in [0.2, 0.25) is 11.6 Å². The summed E-state index contributed by atoms with van der Waals surface area (Å²) < 4.78 is 135. The maximum Gasteiger partial charge on any atom is 0.469 e. The average molecular weight is 1610 g/mol. The van der Waals surface area contributed by atoms with Crippen LogP contribution in [-0.4, -0.2) is 186 Å². The second-order valence-electron chi connectivity index (χ2n) is 29.5. The van der Waals surface area contributed by atoms with Crippen LogP contribution >= 0.6 is 15.6 Å². The molecule has 4 aliphatic heterocycles. The summed E-state index contributed by atoms with van der Waals surface area (Å²) in [6.07, 6.45) is 5.42. The van der Waals surface area contributed by atoms with Crippen molar-refractivity contribution in [1.29, 1.82) is 0 Å². The maximum absolute atomic E-state index is 14.9. The lowest BCUT2D eigenvalue weighted by molar-refractivity contribution is -0.192. The van der Waals surface area contributed by atoms with Gasteiger partial charge in [-0.05, 0) is 132 Å². The van der Waals surface area contributed by atoms with Gasteiger partial charge in [0, 0.05) is 98.4 Å². The first-order valence-electron chi connectivity index (χ1n) is 35.9. The Kier molecular flexibility index (Phi) is 25.1. The Morgan fingerprint density at radius 1 is 0.469 bits per heavy atom. The van der Waals surface area contributed by atoms with Crippen LogP contribution < -0.4 is 40.5 Å². The molecular weight excluding hydrogens is 1520 g/mol. The van der Waals surface area contributed by atoms with Gasteiger partial charge in [-0.25, -0.2) is 74.1 Å². The Balaban J connectivity index is 0.000000208. The zero-order valence-electron chi connectivity index (χ0n) is 62.5. The molecule has 0 bridgehead atoms. The number of anilines is 4. The Labute approximate surface area is 645 Å². The number of piperazine rings is 2. The molecule has 0 radical (unpaired) electrons. The minimum atomic E-state index is -4.78. The molecule has 6 unspecified atom stereocenters. The SMILES string of the molecule is CC(C)(C)C(Cn1ncn(-c2ccc(N3CCN(c4ccc(OCC5COC(Cn6cncn6)(c6ccc(F)cc6F)O5)cc4)CC3)cc2)c1=O)OP(=O)(O)O.CC(C)(C)C(Cn1ncn(-c2ccc(N3CCN(c4ccc(OCC5COC(Cn6cncn6)(c6ccc(F)cc6F)O5)cc4)CC3)cc2)c1=O)OP(=O)(O)O.O. The van der Waals surface area contributed by atoms with Crippen LogP contribution in [0.3, 0.4) is 0 Å². The van der Waals surface area contributed by atoms with Gasteiger partial charge in [0.25, 0.3) is 0 Å². The molecule has 0 aliphatic carbocycles. The van der Waals surface area contributed by atoms with Crippen molar-refractivity contribution >= 4 is 38.4 Å². The van der Waals surface area contributed by atoms with Crippen LogP contribution in [0.5, 0.6) is 11.5 Å². The van der Waals surface area contributed by atoms with Crippen molar-refractivity contribution in [3.8, 4) is 22.9 Å². The molecule has 113 heavy (non-hydrogen) atoms. The Morgan fingerprint density at radius 2 is 0.788 bits per heavy atom. The van der Waals surface area contributed by atoms with Crippen molar-refractivity contribution in [2.24, 2.45) is 10.8 Å². The third-order valence-electron chi connectivity index (χ3n) is 19.5.